The first-order valence-electron chi connectivity index (χ1n) is 5.77. The van der Waals surface area contributed by atoms with Gasteiger partial charge in [-0.1, -0.05) is 12.6 Å². The number of ether oxygens (including phenoxy) is 1. The Kier molecular flexibility index (Phi) is 6.79. The van der Waals surface area contributed by atoms with E-state index in [1.165, 1.54) is 7.05 Å². The van der Waals surface area contributed by atoms with Crippen LogP contribution in [0.2, 0.25) is 0 Å². The van der Waals surface area contributed by atoms with Crippen LogP contribution in [0.5, 0.6) is 5.75 Å². The van der Waals surface area contributed by atoms with Gasteiger partial charge in [-0.2, -0.15) is 0 Å². The number of likely N-dealkylation sites (N-methyl/N-ethyl adjacent to an activating group) is 1. The minimum Gasteiger partial charge on any atom is -0.566 e. The lowest BCUT2D eigenvalue weighted by Gasteiger charge is -2.30. The molecule has 0 bridgehead atoms. The summed E-state index contributed by atoms with van der Waals surface area (Å²) in [6, 6.07) is 5.59. The summed E-state index contributed by atoms with van der Waals surface area (Å²) in [5.41, 5.74) is 2.24. The third-order valence-electron chi connectivity index (χ3n) is 2.81. The van der Waals surface area contributed by atoms with E-state index in [1.54, 1.807) is 6.07 Å². The number of nitrogens with zero attached hydrogens (tertiary/aromatic N) is 2. The molecule has 1 rings (SSSR count). The van der Waals surface area contributed by atoms with Gasteiger partial charge in [0.15, 0.2) is 0 Å². The Morgan fingerprint density at radius 1 is 1.47 bits per heavy atom. The number of halogens is 1. The normalized spacial score (nSPS) is 11.7. The molecule has 19 heavy (non-hydrogen) atoms. The molecule has 0 radical (unpaired) electrons. The Bertz CT molecular complexity index is 471. The van der Waals surface area contributed by atoms with E-state index >= 15 is 0 Å². The van der Waals surface area contributed by atoms with Crippen LogP contribution in [-0.4, -0.2) is 33.8 Å². The van der Waals surface area contributed by atoms with Gasteiger partial charge in [-0.25, -0.2) is 0 Å². The highest BCUT2D eigenvalue weighted by molar-refractivity contribution is 8.93. The molecule has 5 heteroatoms. The van der Waals surface area contributed by atoms with E-state index in [0.717, 1.165) is 17.8 Å². The predicted molar refractivity (Wildman–Crippen MR) is 84.2 cm³/mol. The second-order valence-corrected chi connectivity index (χ2v) is 4.70. The summed E-state index contributed by atoms with van der Waals surface area (Å²) >= 11 is 0. The van der Waals surface area contributed by atoms with Crippen LogP contribution in [0.3, 0.4) is 0 Å². The maximum Gasteiger partial charge on any atom is 0.149 e. The summed E-state index contributed by atoms with van der Waals surface area (Å²) in [4.78, 5) is 3.45. The lowest BCUT2D eigenvalue weighted by Crippen LogP contribution is -2.41. The zero-order chi connectivity index (χ0) is 13.8. The Hall–Kier alpha value is -1.33. The van der Waals surface area contributed by atoms with Gasteiger partial charge >= 0.3 is 0 Å². The summed E-state index contributed by atoms with van der Waals surface area (Å²) in [5, 5.41) is 11.1. The van der Waals surface area contributed by atoms with Crippen LogP contribution in [0.25, 0.3) is 0 Å². The molecule has 0 aliphatic heterocycles. The van der Waals surface area contributed by atoms with Crippen molar-refractivity contribution in [3.8, 4) is 5.75 Å². The molecule has 1 aromatic rings. The summed E-state index contributed by atoms with van der Waals surface area (Å²) < 4.78 is 5.75. The van der Waals surface area contributed by atoms with Crippen molar-refractivity contribution in [3.05, 3.63) is 36.4 Å². The van der Waals surface area contributed by atoms with Gasteiger partial charge in [0.25, 0.3) is 0 Å². The fourth-order valence-corrected chi connectivity index (χ4v) is 1.87. The van der Waals surface area contributed by atoms with Crippen molar-refractivity contribution in [1.29, 1.82) is 0 Å². The molecule has 4 nitrogen and oxygen atoms in total. The molecule has 0 amide bonds. The third-order valence-corrected chi connectivity index (χ3v) is 2.81. The van der Waals surface area contributed by atoms with E-state index in [4.69, 9.17) is 4.74 Å². The van der Waals surface area contributed by atoms with Crippen LogP contribution in [0.15, 0.2) is 35.8 Å². The molecule has 0 aliphatic carbocycles. The molecule has 0 aromatic heterocycles. The van der Waals surface area contributed by atoms with Gasteiger partial charge in [0.2, 0.25) is 0 Å². The molecule has 0 N–H and O–H groups in total. The molecule has 0 saturated carbocycles. The Morgan fingerprint density at radius 2 is 2.11 bits per heavy atom. The molecule has 0 saturated heterocycles. The number of hydrogen-bond acceptors (Lipinski definition) is 3. The largest absolute Gasteiger partial charge is 0.566 e. The van der Waals surface area contributed by atoms with E-state index in [2.05, 4.69) is 25.7 Å². The quantitative estimate of drug-likeness (QED) is 0.367. The van der Waals surface area contributed by atoms with E-state index in [0.29, 0.717) is 10.2 Å². The molecule has 0 aliphatic rings. The van der Waals surface area contributed by atoms with E-state index in [1.807, 2.05) is 25.1 Å². The van der Waals surface area contributed by atoms with Gasteiger partial charge in [-0.3, -0.25) is 9.48 Å². The van der Waals surface area contributed by atoms with Crippen LogP contribution >= 0.6 is 17.0 Å². The molecular formula is C14H21BrN2O2. The fraction of sp³-hybridized carbons (Fsp3) is 0.357. The zero-order valence-corrected chi connectivity index (χ0v) is 13.6. The Labute approximate surface area is 125 Å². The highest BCUT2D eigenvalue weighted by Gasteiger charge is 2.19. The molecule has 0 heterocycles. The lowest BCUT2D eigenvalue weighted by atomic mass is 10.1. The van der Waals surface area contributed by atoms with Crippen molar-refractivity contribution in [2.75, 3.05) is 27.7 Å². The van der Waals surface area contributed by atoms with Crippen molar-refractivity contribution < 1.29 is 9.84 Å². The van der Waals surface area contributed by atoms with Crippen molar-refractivity contribution in [3.63, 3.8) is 0 Å². The highest BCUT2D eigenvalue weighted by atomic mass is 79.9. The average Bonchev–Trinajstić information content (AvgIpc) is 2.31. The number of aliphatic imine (C=N–C) groups is 1. The van der Waals surface area contributed by atoms with Crippen LogP contribution in [-0.2, 0) is 0 Å². The summed E-state index contributed by atoms with van der Waals surface area (Å²) in [5.74, 6) is 0.515. The standard InChI is InChI=1S/C14H20N2O2.BrH/c1-6-9-16(4,5)13-10-12(8-7-11(13)2)18-14(17)15-3;/h6-8,10H,1,9H2,2-5H3;1H. The first kappa shape index (κ1) is 17.7. The molecule has 1 aromatic carbocycles. The van der Waals surface area contributed by atoms with Crippen molar-refractivity contribution in [2.24, 2.45) is 4.99 Å². The van der Waals surface area contributed by atoms with Gasteiger partial charge in [-0.05, 0) is 19.1 Å². The Morgan fingerprint density at radius 3 is 2.63 bits per heavy atom. The van der Waals surface area contributed by atoms with Crippen molar-refractivity contribution >= 4 is 28.8 Å². The maximum absolute atomic E-state index is 11.1. The highest BCUT2D eigenvalue weighted by Crippen LogP contribution is 2.28. The second kappa shape index (κ2) is 7.31. The molecular weight excluding hydrogens is 308 g/mol. The van der Waals surface area contributed by atoms with Gasteiger partial charge in [-0.15, -0.1) is 17.0 Å². The van der Waals surface area contributed by atoms with Crippen molar-refractivity contribution in [2.45, 2.75) is 6.92 Å². The number of rotatable bonds is 4. The first-order valence-corrected chi connectivity index (χ1v) is 5.77. The zero-order valence-electron chi connectivity index (χ0n) is 11.8. The molecule has 106 valence electrons. The Balaban J connectivity index is 0.00000324. The molecule has 0 unspecified atom stereocenters. The SMILES string of the molecule is Br.C=CC[N+](C)(C)c1cc(OC([O-])=NC)ccc1C. The number of aryl methyl sites for hydroxylation is 1. The first-order chi connectivity index (χ1) is 8.40. The summed E-state index contributed by atoms with van der Waals surface area (Å²) in [6.07, 6.45) is 1.29. The van der Waals surface area contributed by atoms with Gasteiger partial charge in [0.05, 0.1) is 14.1 Å². The summed E-state index contributed by atoms with van der Waals surface area (Å²) in [6.45, 7) is 6.61. The minimum atomic E-state index is -0.584. The predicted octanol–water partition coefficient (Wildman–Crippen LogP) is 2.05. The molecule has 0 fully saturated rings. The topological polar surface area (TPSA) is 44.6 Å². The van der Waals surface area contributed by atoms with Gasteiger partial charge < -0.3 is 9.84 Å². The van der Waals surface area contributed by atoms with Crippen molar-refractivity contribution in [1.82, 2.24) is 4.48 Å². The van der Waals surface area contributed by atoms with Crippen LogP contribution in [0.4, 0.5) is 5.69 Å². The number of hydrogen-bond donors (Lipinski definition) is 0. The van der Waals surface area contributed by atoms with E-state index in [-0.39, 0.29) is 17.0 Å². The molecule has 0 spiro atoms. The minimum absolute atomic E-state index is 0. The maximum atomic E-state index is 11.1. The molecule has 0 atom stereocenters. The third kappa shape index (κ3) is 4.69. The number of benzene rings is 1. The number of quaternary nitrogens is 1. The van der Waals surface area contributed by atoms with E-state index in [9.17, 15) is 5.11 Å². The fourth-order valence-electron chi connectivity index (χ4n) is 1.87. The summed E-state index contributed by atoms with van der Waals surface area (Å²) in [7, 11) is 5.58. The lowest BCUT2D eigenvalue weighted by molar-refractivity contribution is -0.240. The van der Waals surface area contributed by atoms with Gasteiger partial charge in [0.1, 0.15) is 18.3 Å². The average molecular weight is 329 g/mol. The van der Waals surface area contributed by atoms with E-state index < -0.39 is 6.08 Å². The van der Waals surface area contributed by atoms with Crippen LogP contribution in [0.1, 0.15) is 5.56 Å². The monoisotopic (exact) mass is 328 g/mol. The van der Waals surface area contributed by atoms with Crippen LogP contribution in [0, 0.1) is 6.92 Å². The van der Waals surface area contributed by atoms with Gasteiger partial charge in [0, 0.05) is 24.4 Å². The smallest absolute Gasteiger partial charge is 0.149 e. The second-order valence-electron chi connectivity index (χ2n) is 4.70. The van der Waals surface area contributed by atoms with Crippen LogP contribution < -0.4 is 14.3 Å².